The van der Waals surface area contributed by atoms with Crippen LogP contribution in [0.4, 0.5) is 0 Å². The number of pyridine rings is 1. The molecule has 0 atom stereocenters. The van der Waals surface area contributed by atoms with Gasteiger partial charge in [-0.15, -0.1) is 0 Å². The number of hydrogen-bond donors (Lipinski definition) is 0. The fourth-order valence-corrected chi connectivity index (χ4v) is 4.01. The second kappa shape index (κ2) is 7.11. The minimum atomic E-state index is 0.309. The molecule has 7 heteroatoms. The normalized spacial score (nSPS) is 11.7. The molecule has 0 aliphatic carbocycles. The smallest absolute Gasteiger partial charge is 0.246 e. The van der Waals surface area contributed by atoms with Gasteiger partial charge in [-0.3, -0.25) is 0 Å². The van der Waals surface area contributed by atoms with E-state index in [1.54, 1.807) is 12.5 Å². The highest BCUT2D eigenvalue weighted by atomic mass is 127. The van der Waals surface area contributed by atoms with E-state index in [0.717, 1.165) is 18.5 Å². The zero-order chi connectivity index (χ0) is 17.4. The third kappa shape index (κ3) is 3.51. The van der Waals surface area contributed by atoms with Crippen molar-refractivity contribution in [3.8, 4) is 23.2 Å². The lowest BCUT2D eigenvalue weighted by molar-refractivity contribution is 0.564. The Labute approximate surface area is 168 Å². The molecule has 0 aliphatic rings. The van der Waals surface area contributed by atoms with E-state index in [0.29, 0.717) is 35.0 Å². The number of oxazole rings is 2. The van der Waals surface area contributed by atoms with Crippen LogP contribution in [0.5, 0.6) is 0 Å². The Hall–Kier alpha value is -0.970. The predicted molar refractivity (Wildman–Crippen MR) is 109 cm³/mol. The van der Waals surface area contributed by atoms with E-state index in [4.69, 9.17) is 13.8 Å². The molecule has 0 fully saturated rings. The Bertz CT molecular complexity index is 801. The van der Waals surface area contributed by atoms with Gasteiger partial charge in [-0.1, -0.05) is 27.7 Å². The van der Waals surface area contributed by atoms with Crippen LogP contribution in [0.1, 0.15) is 50.9 Å². The maximum atomic E-state index is 5.64. The summed E-state index contributed by atoms with van der Waals surface area (Å²) >= 11 is 4.50. The van der Waals surface area contributed by atoms with E-state index in [9.17, 15) is 0 Å². The summed E-state index contributed by atoms with van der Waals surface area (Å²) < 4.78 is 13.2. The summed E-state index contributed by atoms with van der Waals surface area (Å²) in [6, 6.07) is 2.04. The molecule has 0 unspecified atom stereocenters. The van der Waals surface area contributed by atoms with E-state index in [1.807, 2.05) is 6.07 Å². The molecule has 0 saturated heterocycles. The van der Waals surface area contributed by atoms with Gasteiger partial charge in [-0.2, -0.15) is 0 Å². The van der Waals surface area contributed by atoms with Crippen LogP contribution >= 0.6 is 45.2 Å². The molecule has 0 aliphatic heterocycles. The van der Waals surface area contributed by atoms with Gasteiger partial charge >= 0.3 is 0 Å². The molecule has 3 heterocycles. The Morgan fingerprint density at radius 1 is 0.750 bits per heavy atom. The van der Waals surface area contributed by atoms with Crippen molar-refractivity contribution in [2.75, 3.05) is 0 Å². The number of rotatable bonds is 4. The van der Waals surface area contributed by atoms with Crippen LogP contribution in [0.15, 0.2) is 27.4 Å². The minimum Gasteiger partial charge on any atom is -0.443 e. The maximum absolute atomic E-state index is 5.64. The lowest BCUT2D eigenvalue weighted by atomic mass is 10.2. The summed E-state index contributed by atoms with van der Waals surface area (Å²) in [5, 5.41) is 0. The molecule has 0 radical (unpaired) electrons. The molecule has 126 valence electrons. The third-order valence-electron chi connectivity index (χ3n) is 3.56. The van der Waals surface area contributed by atoms with Crippen molar-refractivity contribution in [3.05, 3.63) is 37.1 Å². The summed E-state index contributed by atoms with van der Waals surface area (Å²) in [7, 11) is 0. The summed E-state index contributed by atoms with van der Waals surface area (Å²) in [5.41, 5.74) is 3.26. The van der Waals surface area contributed by atoms with Gasteiger partial charge in [0, 0.05) is 7.14 Å². The van der Waals surface area contributed by atoms with Gasteiger partial charge in [-0.05, 0) is 63.1 Å². The highest BCUT2D eigenvalue weighted by molar-refractivity contribution is 14.1. The zero-order valence-corrected chi connectivity index (χ0v) is 18.1. The Morgan fingerprint density at radius 3 is 1.50 bits per heavy atom. The molecule has 5 nitrogen and oxygen atoms in total. The highest BCUT2D eigenvalue weighted by Gasteiger charge is 2.20. The Morgan fingerprint density at radius 2 is 1.17 bits per heavy atom. The lowest BCUT2D eigenvalue weighted by Crippen LogP contribution is -1.97. The highest BCUT2D eigenvalue weighted by Crippen LogP contribution is 2.32. The van der Waals surface area contributed by atoms with Crippen molar-refractivity contribution in [1.82, 2.24) is 15.0 Å². The van der Waals surface area contributed by atoms with E-state index in [2.05, 4.69) is 82.8 Å². The van der Waals surface area contributed by atoms with E-state index in [1.165, 1.54) is 0 Å². The predicted octanol–water partition coefficient (Wildman–Crippen LogP) is 5.85. The van der Waals surface area contributed by atoms with Crippen LogP contribution < -0.4 is 0 Å². The van der Waals surface area contributed by atoms with Crippen molar-refractivity contribution in [2.24, 2.45) is 0 Å². The number of hydrogen-bond acceptors (Lipinski definition) is 5. The minimum absolute atomic E-state index is 0.309. The van der Waals surface area contributed by atoms with Crippen molar-refractivity contribution in [1.29, 1.82) is 0 Å². The van der Waals surface area contributed by atoms with Crippen LogP contribution in [0.3, 0.4) is 0 Å². The van der Waals surface area contributed by atoms with E-state index >= 15 is 0 Å². The van der Waals surface area contributed by atoms with Crippen LogP contribution in [-0.4, -0.2) is 15.0 Å². The molecule has 3 rings (SSSR count). The summed E-state index contributed by atoms with van der Waals surface area (Å²) in [6.45, 7) is 8.33. The molecule has 0 N–H and O–H groups in total. The standard InChI is InChI=1S/C17H17I2N3O2/c1-8(2)12-6-23-16(20-12)14-10(18)5-11(19)15(22-14)17-21-13(7-24-17)9(3)4/h5-9H,1-4H3. The van der Waals surface area contributed by atoms with Gasteiger partial charge in [0.2, 0.25) is 11.8 Å². The summed E-state index contributed by atoms with van der Waals surface area (Å²) in [5.74, 6) is 1.67. The Kier molecular flexibility index (Phi) is 5.28. The van der Waals surface area contributed by atoms with Gasteiger partial charge < -0.3 is 8.83 Å². The fraction of sp³-hybridized carbons (Fsp3) is 0.353. The summed E-state index contributed by atoms with van der Waals surface area (Å²) in [6.07, 6.45) is 3.38. The third-order valence-corrected chi connectivity index (χ3v) is 5.21. The first-order valence-electron chi connectivity index (χ1n) is 7.64. The van der Waals surface area contributed by atoms with Crippen LogP contribution in [0, 0.1) is 7.14 Å². The zero-order valence-electron chi connectivity index (χ0n) is 13.8. The first-order valence-corrected chi connectivity index (χ1v) is 9.80. The van der Waals surface area contributed by atoms with Crippen molar-refractivity contribution in [2.45, 2.75) is 39.5 Å². The molecule has 3 aromatic heterocycles. The van der Waals surface area contributed by atoms with E-state index in [-0.39, 0.29) is 0 Å². The van der Waals surface area contributed by atoms with Gasteiger partial charge in [0.15, 0.2) is 0 Å². The largest absolute Gasteiger partial charge is 0.443 e. The number of nitrogens with zero attached hydrogens (tertiary/aromatic N) is 3. The molecule has 0 spiro atoms. The van der Waals surface area contributed by atoms with Crippen LogP contribution in [-0.2, 0) is 0 Å². The monoisotopic (exact) mass is 549 g/mol. The van der Waals surface area contributed by atoms with Crippen LogP contribution in [0.2, 0.25) is 0 Å². The average molecular weight is 549 g/mol. The van der Waals surface area contributed by atoms with Crippen molar-refractivity contribution < 1.29 is 8.83 Å². The molecule has 0 saturated carbocycles. The molecular formula is C17H17I2N3O2. The summed E-state index contributed by atoms with van der Waals surface area (Å²) in [4.78, 5) is 13.8. The van der Waals surface area contributed by atoms with Gasteiger partial charge in [0.05, 0.1) is 11.4 Å². The first kappa shape index (κ1) is 17.8. The van der Waals surface area contributed by atoms with Gasteiger partial charge in [0.1, 0.15) is 23.9 Å². The Balaban J connectivity index is 2.07. The molecule has 0 amide bonds. The van der Waals surface area contributed by atoms with Gasteiger partial charge in [-0.25, -0.2) is 15.0 Å². The van der Waals surface area contributed by atoms with Gasteiger partial charge in [0.25, 0.3) is 0 Å². The quantitative estimate of drug-likeness (QED) is 0.383. The van der Waals surface area contributed by atoms with E-state index < -0.39 is 0 Å². The maximum Gasteiger partial charge on any atom is 0.246 e. The second-order valence-corrected chi connectivity index (χ2v) is 8.44. The number of halogens is 2. The lowest BCUT2D eigenvalue weighted by Gasteiger charge is -2.05. The molecule has 0 aromatic carbocycles. The molecule has 24 heavy (non-hydrogen) atoms. The van der Waals surface area contributed by atoms with Crippen molar-refractivity contribution >= 4 is 45.2 Å². The average Bonchev–Trinajstić information content (AvgIpc) is 3.16. The number of aromatic nitrogens is 3. The fourth-order valence-electron chi connectivity index (χ4n) is 2.09. The second-order valence-electron chi connectivity index (χ2n) is 6.11. The molecule has 3 aromatic rings. The first-order chi connectivity index (χ1) is 11.4. The SMILES string of the molecule is CC(C)c1coc(-c2nc(-c3nc(C(C)C)co3)c(I)cc2I)n1. The van der Waals surface area contributed by atoms with Crippen LogP contribution in [0.25, 0.3) is 23.2 Å². The molecule has 0 bridgehead atoms. The topological polar surface area (TPSA) is 65.0 Å². The van der Waals surface area contributed by atoms with Crippen molar-refractivity contribution in [3.63, 3.8) is 0 Å². The molecular weight excluding hydrogens is 532 g/mol.